The van der Waals surface area contributed by atoms with E-state index in [4.69, 9.17) is 4.74 Å². The second-order valence-electron chi connectivity index (χ2n) is 7.25. The highest BCUT2D eigenvalue weighted by Gasteiger charge is 2.25. The standard InChI is InChI=1S/C18H28N4O4S/c1-27(24,25)20-17-6-4-16(5-7-17)19-18(23)22-8-2-3-15(14-22)13-21-9-11-26-12-10-21/h4-7,15,20H,2-3,8-14H2,1H3,(H,19,23)/t15-/m0/s1. The predicted molar refractivity (Wildman–Crippen MR) is 105 cm³/mol. The van der Waals surface area contributed by atoms with Crippen LogP contribution in [0.5, 0.6) is 0 Å². The van der Waals surface area contributed by atoms with Crippen molar-refractivity contribution in [2.24, 2.45) is 5.92 Å². The average molecular weight is 397 g/mol. The number of hydrogen-bond acceptors (Lipinski definition) is 5. The molecule has 3 rings (SSSR count). The molecule has 0 aromatic heterocycles. The Morgan fingerprint density at radius 3 is 2.48 bits per heavy atom. The minimum atomic E-state index is -3.31. The number of piperidine rings is 1. The number of urea groups is 1. The van der Waals surface area contributed by atoms with E-state index in [1.165, 1.54) is 0 Å². The first-order valence-electron chi connectivity index (χ1n) is 9.33. The largest absolute Gasteiger partial charge is 0.379 e. The van der Waals surface area contributed by atoms with E-state index >= 15 is 0 Å². The van der Waals surface area contributed by atoms with Crippen LogP contribution in [-0.2, 0) is 14.8 Å². The Labute approximate surface area is 160 Å². The van der Waals surface area contributed by atoms with E-state index in [0.29, 0.717) is 17.3 Å². The van der Waals surface area contributed by atoms with Crippen LogP contribution in [0.25, 0.3) is 0 Å². The Hall–Kier alpha value is -1.84. The minimum Gasteiger partial charge on any atom is -0.379 e. The maximum absolute atomic E-state index is 12.6. The van der Waals surface area contributed by atoms with E-state index in [0.717, 1.165) is 65.0 Å². The minimum absolute atomic E-state index is 0.106. The lowest BCUT2D eigenvalue weighted by Crippen LogP contribution is -2.47. The number of benzene rings is 1. The zero-order valence-corrected chi connectivity index (χ0v) is 16.5. The van der Waals surface area contributed by atoms with Gasteiger partial charge in [-0.1, -0.05) is 0 Å². The molecular formula is C18H28N4O4S. The van der Waals surface area contributed by atoms with Crippen molar-refractivity contribution in [1.29, 1.82) is 0 Å². The van der Waals surface area contributed by atoms with Crippen LogP contribution in [0, 0.1) is 5.92 Å². The number of rotatable bonds is 5. The van der Waals surface area contributed by atoms with Crippen molar-refractivity contribution in [1.82, 2.24) is 9.80 Å². The van der Waals surface area contributed by atoms with Crippen molar-refractivity contribution in [3.63, 3.8) is 0 Å². The summed E-state index contributed by atoms with van der Waals surface area (Å²) in [6.45, 7) is 6.06. The van der Waals surface area contributed by atoms with E-state index in [-0.39, 0.29) is 6.03 Å². The molecule has 0 saturated carbocycles. The molecule has 27 heavy (non-hydrogen) atoms. The molecule has 2 N–H and O–H groups in total. The molecule has 2 aliphatic heterocycles. The Morgan fingerprint density at radius 1 is 1.15 bits per heavy atom. The number of sulfonamides is 1. The number of likely N-dealkylation sites (tertiary alicyclic amines) is 1. The summed E-state index contributed by atoms with van der Waals surface area (Å²) < 4.78 is 30.3. The van der Waals surface area contributed by atoms with Crippen LogP contribution >= 0.6 is 0 Å². The normalized spacial score (nSPS) is 21.7. The molecule has 2 heterocycles. The molecule has 1 aromatic carbocycles. The summed E-state index contributed by atoms with van der Waals surface area (Å²) in [4.78, 5) is 16.9. The van der Waals surface area contributed by atoms with Crippen molar-refractivity contribution >= 4 is 27.4 Å². The number of nitrogens with zero attached hydrogens (tertiary/aromatic N) is 2. The van der Waals surface area contributed by atoms with E-state index in [2.05, 4.69) is 14.9 Å². The third kappa shape index (κ3) is 6.37. The van der Waals surface area contributed by atoms with Gasteiger partial charge in [0.25, 0.3) is 0 Å². The summed E-state index contributed by atoms with van der Waals surface area (Å²) in [7, 11) is -3.31. The Kier molecular flexibility index (Phi) is 6.56. The smallest absolute Gasteiger partial charge is 0.321 e. The van der Waals surface area contributed by atoms with Crippen LogP contribution in [0.1, 0.15) is 12.8 Å². The Morgan fingerprint density at radius 2 is 1.81 bits per heavy atom. The summed E-state index contributed by atoms with van der Waals surface area (Å²) in [6.07, 6.45) is 3.26. The molecule has 0 radical (unpaired) electrons. The fraction of sp³-hybridized carbons (Fsp3) is 0.611. The predicted octanol–water partition coefficient (Wildman–Crippen LogP) is 1.63. The molecule has 2 fully saturated rings. The fourth-order valence-corrected chi connectivity index (χ4v) is 4.15. The molecule has 2 saturated heterocycles. The monoisotopic (exact) mass is 396 g/mol. The van der Waals surface area contributed by atoms with Gasteiger partial charge in [-0.25, -0.2) is 13.2 Å². The van der Waals surface area contributed by atoms with Gasteiger partial charge in [-0.3, -0.25) is 9.62 Å². The van der Waals surface area contributed by atoms with Crippen molar-refractivity contribution < 1.29 is 17.9 Å². The zero-order valence-electron chi connectivity index (χ0n) is 15.7. The van der Waals surface area contributed by atoms with Crippen molar-refractivity contribution in [3.8, 4) is 0 Å². The number of hydrogen-bond donors (Lipinski definition) is 2. The number of morpholine rings is 1. The van der Waals surface area contributed by atoms with Crippen LogP contribution in [0.4, 0.5) is 16.2 Å². The molecule has 1 aromatic rings. The van der Waals surface area contributed by atoms with E-state index in [9.17, 15) is 13.2 Å². The molecular weight excluding hydrogens is 368 g/mol. The molecule has 9 heteroatoms. The third-order valence-electron chi connectivity index (χ3n) is 4.87. The van der Waals surface area contributed by atoms with Gasteiger partial charge in [0, 0.05) is 44.1 Å². The second kappa shape index (κ2) is 8.90. The van der Waals surface area contributed by atoms with Gasteiger partial charge in [0.15, 0.2) is 0 Å². The number of ether oxygens (including phenoxy) is 1. The van der Waals surface area contributed by atoms with Gasteiger partial charge in [0.2, 0.25) is 10.0 Å². The maximum atomic E-state index is 12.6. The van der Waals surface area contributed by atoms with E-state index in [1.54, 1.807) is 24.3 Å². The number of nitrogens with one attached hydrogen (secondary N) is 2. The van der Waals surface area contributed by atoms with Gasteiger partial charge in [-0.2, -0.15) is 0 Å². The number of amides is 2. The molecule has 1 atom stereocenters. The Balaban J connectivity index is 1.51. The van der Waals surface area contributed by atoms with Crippen molar-refractivity contribution in [2.75, 3.05) is 62.2 Å². The lowest BCUT2D eigenvalue weighted by molar-refractivity contribution is 0.0252. The van der Waals surface area contributed by atoms with Crippen LogP contribution in [0.3, 0.4) is 0 Å². The summed E-state index contributed by atoms with van der Waals surface area (Å²) >= 11 is 0. The number of carbonyl (C=O) groups is 1. The van der Waals surface area contributed by atoms with Gasteiger partial charge in [0.05, 0.1) is 19.5 Å². The molecule has 2 amide bonds. The highest BCUT2D eigenvalue weighted by atomic mass is 32.2. The number of anilines is 2. The molecule has 0 spiro atoms. The van der Waals surface area contributed by atoms with Crippen LogP contribution in [0.2, 0.25) is 0 Å². The summed E-state index contributed by atoms with van der Waals surface area (Å²) in [5, 5.41) is 2.90. The van der Waals surface area contributed by atoms with E-state index < -0.39 is 10.0 Å². The summed E-state index contributed by atoms with van der Waals surface area (Å²) in [5.41, 5.74) is 1.12. The van der Waals surface area contributed by atoms with Gasteiger partial charge < -0.3 is 15.0 Å². The first kappa shape index (κ1) is 19.9. The molecule has 0 unspecified atom stereocenters. The van der Waals surface area contributed by atoms with Gasteiger partial charge in [-0.05, 0) is 43.0 Å². The van der Waals surface area contributed by atoms with Crippen LogP contribution < -0.4 is 10.0 Å². The molecule has 2 aliphatic rings. The molecule has 0 aliphatic carbocycles. The van der Waals surface area contributed by atoms with Gasteiger partial charge in [0.1, 0.15) is 0 Å². The molecule has 150 valence electrons. The first-order chi connectivity index (χ1) is 12.9. The molecule has 8 nitrogen and oxygen atoms in total. The van der Waals surface area contributed by atoms with Crippen molar-refractivity contribution in [2.45, 2.75) is 12.8 Å². The fourth-order valence-electron chi connectivity index (χ4n) is 3.59. The first-order valence-corrected chi connectivity index (χ1v) is 11.2. The lowest BCUT2D eigenvalue weighted by Gasteiger charge is -2.36. The zero-order chi connectivity index (χ0) is 19.3. The number of carbonyl (C=O) groups excluding carboxylic acids is 1. The molecule has 0 bridgehead atoms. The van der Waals surface area contributed by atoms with Gasteiger partial charge >= 0.3 is 6.03 Å². The second-order valence-corrected chi connectivity index (χ2v) is 9.00. The van der Waals surface area contributed by atoms with Crippen LogP contribution in [-0.4, -0.2) is 76.4 Å². The highest BCUT2D eigenvalue weighted by Crippen LogP contribution is 2.20. The summed E-state index contributed by atoms with van der Waals surface area (Å²) in [6, 6.07) is 6.55. The summed E-state index contributed by atoms with van der Waals surface area (Å²) in [5.74, 6) is 0.490. The quantitative estimate of drug-likeness (QED) is 0.790. The lowest BCUT2D eigenvalue weighted by atomic mass is 9.97. The van der Waals surface area contributed by atoms with Crippen molar-refractivity contribution in [3.05, 3.63) is 24.3 Å². The topological polar surface area (TPSA) is 91.0 Å². The Bertz CT molecular complexity index is 732. The maximum Gasteiger partial charge on any atom is 0.321 e. The van der Waals surface area contributed by atoms with Crippen LogP contribution in [0.15, 0.2) is 24.3 Å². The average Bonchev–Trinajstić information content (AvgIpc) is 2.63. The SMILES string of the molecule is CS(=O)(=O)Nc1ccc(NC(=O)N2CCC[C@@H](CN3CCOCC3)C2)cc1. The highest BCUT2D eigenvalue weighted by molar-refractivity contribution is 7.92. The van der Waals surface area contributed by atoms with E-state index in [1.807, 2.05) is 4.90 Å². The van der Waals surface area contributed by atoms with Gasteiger partial charge in [-0.15, -0.1) is 0 Å². The third-order valence-corrected chi connectivity index (χ3v) is 5.47.